The Balaban J connectivity index is 1.67. The van der Waals surface area contributed by atoms with Crippen molar-refractivity contribution in [1.82, 2.24) is 4.90 Å². The van der Waals surface area contributed by atoms with Crippen LogP contribution in [0.2, 0.25) is 0 Å². The van der Waals surface area contributed by atoms with Crippen LogP contribution in [0, 0.1) is 5.92 Å². The predicted octanol–water partition coefficient (Wildman–Crippen LogP) is 2.27. The van der Waals surface area contributed by atoms with Crippen molar-refractivity contribution in [2.24, 2.45) is 5.92 Å². The molecule has 1 fully saturated rings. The number of ether oxygens (including phenoxy) is 1. The van der Waals surface area contributed by atoms with E-state index >= 15 is 0 Å². The van der Waals surface area contributed by atoms with Gasteiger partial charge in [0.15, 0.2) is 0 Å². The van der Waals surface area contributed by atoms with Crippen molar-refractivity contribution in [2.45, 2.75) is 18.6 Å². The molecule has 0 N–H and O–H groups in total. The van der Waals surface area contributed by atoms with Gasteiger partial charge in [-0.3, -0.25) is 4.90 Å². The first-order valence-electron chi connectivity index (χ1n) is 5.97. The van der Waals surface area contributed by atoms with E-state index in [9.17, 15) is 0 Å². The highest BCUT2D eigenvalue weighted by Gasteiger charge is 2.30. The van der Waals surface area contributed by atoms with E-state index in [1.54, 1.807) is 0 Å². The highest BCUT2D eigenvalue weighted by atomic mass is 16.5. The van der Waals surface area contributed by atoms with Crippen molar-refractivity contribution >= 4 is 0 Å². The lowest BCUT2D eigenvalue weighted by molar-refractivity contribution is -0.0801. The molecule has 1 saturated heterocycles. The highest BCUT2D eigenvalue weighted by Crippen LogP contribution is 2.25. The van der Waals surface area contributed by atoms with Crippen molar-refractivity contribution in [3.05, 3.63) is 48.6 Å². The molecule has 0 aromatic rings. The van der Waals surface area contributed by atoms with Crippen molar-refractivity contribution < 1.29 is 4.74 Å². The molecular formula is C14H17NO. The average Bonchev–Trinajstić information content (AvgIpc) is 2.39. The van der Waals surface area contributed by atoms with Gasteiger partial charge in [0, 0.05) is 18.5 Å². The zero-order valence-electron chi connectivity index (χ0n) is 9.33. The van der Waals surface area contributed by atoms with Gasteiger partial charge in [0.2, 0.25) is 0 Å². The SMILES string of the molecule is C1=CCC(N2COC3C=CC=CC3C2)C=C1. The summed E-state index contributed by atoms with van der Waals surface area (Å²) in [7, 11) is 0. The Morgan fingerprint density at radius 1 is 1.00 bits per heavy atom. The second-order valence-corrected chi connectivity index (χ2v) is 4.58. The smallest absolute Gasteiger partial charge is 0.100 e. The molecule has 84 valence electrons. The maximum absolute atomic E-state index is 5.88. The van der Waals surface area contributed by atoms with Crippen LogP contribution in [0.4, 0.5) is 0 Å². The van der Waals surface area contributed by atoms with E-state index in [4.69, 9.17) is 4.74 Å². The monoisotopic (exact) mass is 215 g/mol. The Morgan fingerprint density at radius 3 is 2.75 bits per heavy atom. The van der Waals surface area contributed by atoms with E-state index in [1.165, 1.54) is 0 Å². The minimum atomic E-state index is 0.296. The van der Waals surface area contributed by atoms with Crippen LogP contribution in [-0.4, -0.2) is 30.3 Å². The Morgan fingerprint density at radius 2 is 1.88 bits per heavy atom. The van der Waals surface area contributed by atoms with E-state index in [1.807, 2.05) is 0 Å². The van der Waals surface area contributed by atoms with E-state index in [-0.39, 0.29) is 0 Å². The third kappa shape index (κ3) is 1.91. The summed E-state index contributed by atoms with van der Waals surface area (Å²) in [5.41, 5.74) is 0. The first-order chi connectivity index (χ1) is 7.93. The topological polar surface area (TPSA) is 12.5 Å². The highest BCUT2D eigenvalue weighted by molar-refractivity contribution is 5.18. The van der Waals surface area contributed by atoms with Gasteiger partial charge in [-0.25, -0.2) is 0 Å². The van der Waals surface area contributed by atoms with Crippen molar-refractivity contribution in [1.29, 1.82) is 0 Å². The number of fused-ring (bicyclic) bond motifs is 1. The quantitative estimate of drug-likeness (QED) is 0.665. The first kappa shape index (κ1) is 10.1. The molecule has 16 heavy (non-hydrogen) atoms. The standard InChI is InChI=1S/C14H17NO/c1-2-7-13(8-3-1)15-10-12-6-4-5-9-14(12)16-11-15/h1-7,9,12-14H,8,10-11H2. The summed E-state index contributed by atoms with van der Waals surface area (Å²) < 4.78 is 5.88. The van der Waals surface area contributed by atoms with Gasteiger partial charge in [0.25, 0.3) is 0 Å². The summed E-state index contributed by atoms with van der Waals surface area (Å²) in [4.78, 5) is 2.42. The lowest BCUT2D eigenvalue weighted by Crippen LogP contribution is -2.48. The number of allylic oxidation sites excluding steroid dienone is 4. The van der Waals surface area contributed by atoms with Gasteiger partial charge in [-0.1, -0.05) is 48.6 Å². The fraction of sp³-hybridized carbons (Fsp3) is 0.429. The molecule has 3 rings (SSSR count). The lowest BCUT2D eigenvalue weighted by Gasteiger charge is -2.40. The summed E-state index contributed by atoms with van der Waals surface area (Å²) in [6.07, 6.45) is 18.8. The Hall–Kier alpha value is -1.12. The molecule has 2 nitrogen and oxygen atoms in total. The number of rotatable bonds is 1. The van der Waals surface area contributed by atoms with E-state index < -0.39 is 0 Å². The molecule has 2 aliphatic carbocycles. The molecule has 0 bridgehead atoms. The molecule has 0 aromatic carbocycles. The average molecular weight is 215 g/mol. The molecule has 1 heterocycles. The molecule has 0 spiro atoms. The maximum atomic E-state index is 5.88. The van der Waals surface area contributed by atoms with Gasteiger partial charge in [0.1, 0.15) is 6.73 Å². The minimum Gasteiger partial charge on any atom is -0.358 e. The van der Waals surface area contributed by atoms with Crippen LogP contribution in [0.25, 0.3) is 0 Å². The normalized spacial score (nSPS) is 37.6. The van der Waals surface area contributed by atoms with Gasteiger partial charge in [-0.05, 0) is 6.42 Å². The van der Waals surface area contributed by atoms with E-state index in [0.717, 1.165) is 19.7 Å². The van der Waals surface area contributed by atoms with Crippen LogP contribution >= 0.6 is 0 Å². The van der Waals surface area contributed by atoms with Gasteiger partial charge in [-0.15, -0.1) is 0 Å². The molecular weight excluding hydrogens is 198 g/mol. The third-order valence-corrected chi connectivity index (χ3v) is 3.50. The van der Waals surface area contributed by atoms with Crippen molar-refractivity contribution in [3.8, 4) is 0 Å². The fourth-order valence-electron chi connectivity index (χ4n) is 2.55. The van der Waals surface area contributed by atoms with Gasteiger partial charge in [-0.2, -0.15) is 0 Å². The molecule has 3 aliphatic rings. The molecule has 0 saturated carbocycles. The van der Waals surface area contributed by atoms with Crippen LogP contribution in [0.5, 0.6) is 0 Å². The number of hydrogen-bond donors (Lipinski definition) is 0. The Bertz CT molecular complexity index is 361. The first-order valence-corrected chi connectivity index (χ1v) is 5.97. The van der Waals surface area contributed by atoms with Crippen LogP contribution in [-0.2, 0) is 4.74 Å². The van der Waals surface area contributed by atoms with Gasteiger partial charge < -0.3 is 4.74 Å². The summed E-state index contributed by atoms with van der Waals surface area (Å²) >= 11 is 0. The summed E-state index contributed by atoms with van der Waals surface area (Å²) in [6.45, 7) is 1.86. The van der Waals surface area contributed by atoms with Crippen LogP contribution in [0.3, 0.4) is 0 Å². The van der Waals surface area contributed by atoms with Crippen LogP contribution < -0.4 is 0 Å². The molecule has 0 aromatic heterocycles. The van der Waals surface area contributed by atoms with Gasteiger partial charge >= 0.3 is 0 Å². The predicted molar refractivity (Wildman–Crippen MR) is 64.9 cm³/mol. The number of nitrogens with zero attached hydrogens (tertiary/aromatic N) is 1. The van der Waals surface area contributed by atoms with Gasteiger partial charge in [0.05, 0.1) is 6.10 Å². The van der Waals surface area contributed by atoms with Crippen molar-refractivity contribution in [2.75, 3.05) is 13.3 Å². The summed E-state index contributed by atoms with van der Waals surface area (Å²) in [5, 5.41) is 0. The second kappa shape index (κ2) is 4.40. The molecule has 0 amide bonds. The largest absolute Gasteiger partial charge is 0.358 e. The van der Waals surface area contributed by atoms with Crippen molar-refractivity contribution in [3.63, 3.8) is 0 Å². The van der Waals surface area contributed by atoms with Crippen LogP contribution in [0.1, 0.15) is 6.42 Å². The minimum absolute atomic E-state index is 0.296. The molecule has 3 atom stereocenters. The third-order valence-electron chi connectivity index (χ3n) is 3.50. The maximum Gasteiger partial charge on any atom is 0.100 e. The molecule has 3 unspecified atom stereocenters. The van der Waals surface area contributed by atoms with E-state index in [2.05, 4.69) is 53.5 Å². The van der Waals surface area contributed by atoms with Crippen LogP contribution in [0.15, 0.2) is 48.6 Å². The Labute approximate surface area is 96.6 Å². The summed E-state index contributed by atoms with van der Waals surface area (Å²) in [6, 6.07) is 0.519. The molecule has 1 aliphatic heterocycles. The lowest BCUT2D eigenvalue weighted by atomic mass is 9.94. The molecule has 0 radical (unpaired) electrons. The molecule has 2 heteroatoms. The summed E-state index contributed by atoms with van der Waals surface area (Å²) in [5.74, 6) is 0.526. The number of hydrogen-bond acceptors (Lipinski definition) is 2. The van der Waals surface area contributed by atoms with E-state index in [0.29, 0.717) is 18.1 Å². The second-order valence-electron chi connectivity index (χ2n) is 4.58. The Kier molecular flexibility index (Phi) is 2.77. The zero-order chi connectivity index (χ0) is 10.8. The fourth-order valence-corrected chi connectivity index (χ4v) is 2.55. The zero-order valence-corrected chi connectivity index (χ0v) is 9.33.